The molecular formula is C14H28N4O. The molecule has 0 aliphatic heterocycles. The van der Waals surface area contributed by atoms with Gasteiger partial charge in [0.2, 0.25) is 5.91 Å². The van der Waals surface area contributed by atoms with E-state index in [2.05, 4.69) is 22.5 Å². The lowest BCUT2D eigenvalue weighted by Crippen LogP contribution is -2.44. The van der Waals surface area contributed by atoms with E-state index in [1.807, 2.05) is 0 Å². The Balaban J connectivity index is 2.39. The van der Waals surface area contributed by atoms with Crippen molar-refractivity contribution in [2.45, 2.75) is 51.5 Å². The standard InChI is InChI=1S/C14H28N4O/c1-4-15-14(16-11-10-13(19)18(2)3)17-12-8-6-5-7-9-12/h12H,4-11H2,1-3H3,(H2,15,16,17). The quantitative estimate of drug-likeness (QED) is 0.584. The Morgan fingerprint density at radius 3 is 2.53 bits per heavy atom. The van der Waals surface area contributed by atoms with Gasteiger partial charge in [0.1, 0.15) is 0 Å². The second-order valence-corrected chi connectivity index (χ2v) is 5.28. The summed E-state index contributed by atoms with van der Waals surface area (Å²) in [5, 5.41) is 6.72. The van der Waals surface area contributed by atoms with Crippen LogP contribution in [0.5, 0.6) is 0 Å². The predicted octanol–water partition coefficient (Wildman–Crippen LogP) is 1.35. The van der Waals surface area contributed by atoms with Gasteiger partial charge in [-0.1, -0.05) is 19.3 Å². The monoisotopic (exact) mass is 268 g/mol. The van der Waals surface area contributed by atoms with Gasteiger partial charge in [-0.2, -0.15) is 0 Å². The molecule has 1 fully saturated rings. The summed E-state index contributed by atoms with van der Waals surface area (Å²) < 4.78 is 0. The molecule has 0 aromatic carbocycles. The van der Waals surface area contributed by atoms with E-state index in [0.717, 1.165) is 12.5 Å². The first-order chi connectivity index (χ1) is 9.13. The van der Waals surface area contributed by atoms with Crippen molar-refractivity contribution < 1.29 is 4.79 Å². The van der Waals surface area contributed by atoms with E-state index in [4.69, 9.17) is 0 Å². The van der Waals surface area contributed by atoms with Crippen LogP contribution >= 0.6 is 0 Å². The molecule has 0 heterocycles. The number of amides is 1. The van der Waals surface area contributed by atoms with Gasteiger partial charge in [0.25, 0.3) is 0 Å². The number of carbonyl (C=O) groups excluding carboxylic acids is 1. The number of hydrogen-bond acceptors (Lipinski definition) is 2. The molecule has 2 N–H and O–H groups in total. The number of nitrogens with one attached hydrogen (secondary N) is 2. The Hall–Kier alpha value is -1.26. The van der Waals surface area contributed by atoms with Crippen molar-refractivity contribution >= 4 is 11.9 Å². The summed E-state index contributed by atoms with van der Waals surface area (Å²) in [7, 11) is 3.55. The van der Waals surface area contributed by atoms with Gasteiger partial charge in [0, 0.05) is 33.1 Å². The van der Waals surface area contributed by atoms with Gasteiger partial charge < -0.3 is 15.5 Å². The van der Waals surface area contributed by atoms with Gasteiger partial charge >= 0.3 is 0 Å². The van der Waals surface area contributed by atoms with Crippen LogP contribution in [0.3, 0.4) is 0 Å². The molecule has 0 aromatic rings. The third kappa shape index (κ3) is 6.45. The lowest BCUT2D eigenvalue weighted by Gasteiger charge is -2.24. The van der Waals surface area contributed by atoms with Gasteiger partial charge in [-0.15, -0.1) is 0 Å². The minimum Gasteiger partial charge on any atom is -0.357 e. The Bertz CT molecular complexity index is 296. The Kier molecular flexibility index (Phi) is 7.30. The highest BCUT2D eigenvalue weighted by Gasteiger charge is 2.14. The molecule has 19 heavy (non-hydrogen) atoms. The number of rotatable bonds is 5. The summed E-state index contributed by atoms with van der Waals surface area (Å²) in [6.45, 7) is 3.45. The zero-order valence-corrected chi connectivity index (χ0v) is 12.5. The molecule has 5 nitrogen and oxygen atoms in total. The Morgan fingerprint density at radius 1 is 1.26 bits per heavy atom. The summed E-state index contributed by atoms with van der Waals surface area (Å²) >= 11 is 0. The molecule has 0 aromatic heterocycles. The smallest absolute Gasteiger partial charge is 0.223 e. The summed E-state index contributed by atoms with van der Waals surface area (Å²) in [6.07, 6.45) is 6.87. The van der Waals surface area contributed by atoms with Gasteiger partial charge in [-0.25, -0.2) is 0 Å². The maximum atomic E-state index is 11.5. The lowest BCUT2D eigenvalue weighted by molar-refractivity contribution is -0.128. The molecule has 0 spiro atoms. The Morgan fingerprint density at radius 2 is 1.95 bits per heavy atom. The fourth-order valence-corrected chi connectivity index (χ4v) is 2.25. The van der Waals surface area contributed by atoms with E-state index >= 15 is 0 Å². The van der Waals surface area contributed by atoms with Crippen molar-refractivity contribution in [3.63, 3.8) is 0 Å². The summed E-state index contributed by atoms with van der Waals surface area (Å²) in [5.74, 6) is 0.971. The first kappa shape index (κ1) is 15.8. The van der Waals surface area contributed by atoms with Crippen LogP contribution in [0, 0.1) is 0 Å². The molecule has 0 atom stereocenters. The van der Waals surface area contributed by atoms with Crippen molar-refractivity contribution in [2.24, 2.45) is 4.99 Å². The van der Waals surface area contributed by atoms with Crippen LogP contribution in [-0.2, 0) is 4.79 Å². The molecule has 5 heteroatoms. The van der Waals surface area contributed by atoms with E-state index < -0.39 is 0 Å². The maximum Gasteiger partial charge on any atom is 0.223 e. The van der Waals surface area contributed by atoms with E-state index in [9.17, 15) is 4.79 Å². The van der Waals surface area contributed by atoms with Crippen LogP contribution in [-0.4, -0.2) is 50.0 Å². The number of hydrogen-bond donors (Lipinski definition) is 2. The number of guanidine groups is 1. The first-order valence-corrected chi connectivity index (χ1v) is 7.38. The number of carbonyl (C=O) groups is 1. The SMILES string of the molecule is CCNC(=NCCC(=O)N(C)C)NC1CCCCC1. The lowest BCUT2D eigenvalue weighted by atomic mass is 9.96. The summed E-state index contributed by atoms with van der Waals surface area (Å²) in [4.78, 5) is 17.6. The topological polar surface area (TPSA) is 56.7 Å². The van der Waals surface area contributed by atoms with E-state index in [1.165, 1.54) is 32.1 Å². The van der Waals surface area contributed by atoms with Crippen LogP contribution < -0.4 is 10.6 Å². The van der Waals surface area contributed by atoms with E-state index in [-0.39, 0.29) is 5.91 Å². The fourth-order valence-electron chi connectivity index (χ4n) is 2.25. The van der Waals surface area contributed by atoms with Crippen LogP contribution in [0.2, 0.25) is 0 Å². The largest absolute Gasteiger partial charge is 0.357 e. The molecule has 110 valence electrons. The first-order valence-electron chi connectivity index (χ1n) is 7.38. The van der Waals surface area contributed by atoms with Crippen molar-refractivity contribution in [2.75, 3.05) is 27.2 Å². The highest BCUT2D eigenvalue weighted by molar-refractivity contribution is 5.81. The second-order valence-electron chi connectivity index (χ2n) is 5.28. The predicted molar refractivity (Wildman–Crippen MR) is 79.3 cm³/mol. The van der Waals surface area contributed by atoms with Gasteiger partial charge in [0.15, 0.2) is 5.96 Å². The van der Waals surface area contributed by atoms with E-state index in [1.54, 1.807) is 19.0 Å². The highest BCUT2D eigenvalue weighted by Crippen LogP contribution is 2.17. The van der Waals surface area contributed by atoms with Crippen LogP contribution in [0.15, 0.2) is 4.99 Å². The molecule has 1 rings (SSSR count). The normalized spacial score (nSPS) is 17.1. The zero-order chi connectivity index (χ0) is 14.1. The maximum absolute atomic E-state index is 11.5. The van der Waals surface area contributed by atoms with Gasteiger partial charge in [-0.3, -0.25) is 9.79 Å². The molecule has 1 amide bonds. The minimum absolute atomic E-state index is 0.122. The third-order valence-electron chi connectivity index (χ3n) is 3.38. The summed E-state index contributed by atoms with van der Waals surface area (Å²) in [5.41, 5.74) is 0. The number of aliphatic imine (C=N–C) groups is 1. The molecular weight excluding hydrogens is 240 g/mol. The minimum atomic E-state index is 0.122. The van der Waals surface area contributed by atoms with Crippen molar-refractivity contribution in [1.82, 2.24) is 15.5 Å². The number of nitrogens with zero attached hydrogens (tertiary/aromatic N) is 2. The van der Waals surface area contributed by atoms with Crippen LogP contribution in [0.1, 0.15) is 45.4 Å². The zero-order valence-electron chi connectivity index (χ0n) is 12.5. The van der Waals surface area contributed by atoms with Crippen LogP contribution in [0.25, 0.3) is 0 Å². The van der Waals surface area contributed by atoms with E-state index in [0.29, 0.717) is 19.0 Å². The van der Waals surface area contributed by atoms with Gasteiger partial charge in [-0.05, 0) is 19.8 Å². The summed E-state index contributed by atoms with van der Waals surface area (Å²) in [6, 6.07) is 0.538. The van der Waals surface area contributed by atoms with Crippen molar-refractivity contribution in [3.05, 3.63) is 0 Å². The average Bonchev–Trinajstić information content (AvgIpc) is 2.39. The highest BCUT2D eigenvalue weighted by atomic mass is 16.2. The fraction of sp³-hybridized carbons (Fsp3) is 0.857. The van der Waals surface area contributed by atoms with Gasteiger partial charge in [0.05, 0.1) is 6.54 Å². The Labute approximate surface area is 116 Å². The third-order valence-corrected chi connectivity index (χ3v) is 3.38. The molecule has 0 radical (unpaired) electrons. The molecule has 1 saturated carbocycles. The van der Waals surface area contributed by atoms with Crippen molar-refractivity contribution in [1.29, 1.82) is 0 Å². The molecule has 0 saturated heterocycles. The second kappa shape index (κ2) is 8.77. The van der Waals surface area contributed by atoms with Crippen LogP contribution in [0.4, 0.5) is 0 Å². The molecule has 0 unspecified atom stereocenters. The molecule has 1 aliphatic rings. The average molecular weight is 268 g/mol. The molecule has 0 bridgehead atoms. The van der Waals surface area contributed by atoms with Crippen molar-refractivity contribution in [3.8, 4) is 0 Å². The molecule has 1 aliphatic carbocycles.